The summed E-state index contributed by atoms with van der Waals surface area (Å²) in [5.74, 6) is -2.75. The number of hydrogen-bond donors (Lipinski definition) is 1. The van der Waals surface area contributed by atoms with Crippen LogP contribution in [0, 0.1) is 19.7 Å². The van der Waals surface area contributed by atoms with E-state index in [1.165, 1.54) is 19.2 Å². The van der Waals surface area contributed by atoms with Gasteiger partial charge in [0, 0.05) is 30.9 Å². The predicted molar refractivity (Wildman–Crippen MR) is 102 cm³/mol. The summed E-state index contributed by atoms with van der Waals surface area (Å²) in [5, 5.41) is 2.07. The minimum Gasteiger partial charge on any atom is -0.494 e. The number of benzene rings is 1. The topological polar surface area (TPSA) is 67.3 Å². The third-order valence-corrected chi connectivity index (χ3v) is 5.29. The molecule has 3 rings (SSSR count). The molecule has 1 saturated heterocycles. The quantitative estimate of drug-likeness (QED) is 0.761. The molecule has 0 aliphatic carbocycles. The summed E-state index contributed by atoms with van der Waals surface area (Å²) < 4.78 is 57.7. The van der Waals surface area contributed by atoms with Crippen LogP contribution in [-0.4, -0.2) is 48.3 Å². The molecule has 1 aliphatic heterocycles. The molecular weight excluding hydrogens is 404 g/mol. The van der Waals surface area contributed by atoms with E-state index in [9.17, 15) is 22.4 Å². The summed E-state index contributed by atoms with van der Waals surface area (Å²) in [6.07, 6.45) is -2.99. The van der Waals surface area contributed by atoms with Crippen molar-refractivity contribution in [3.63, 3.8) is 0 Å². The number of amides is 1. The normalized spacial score (nSPS) is 19.5. The maximum atomic E-state index is 14.2. The summed E-state index contributed by atoms with van der Waals surface area (Å²) in [7, 11) is 1.33. The molecule has 1 aromatic carbocycles. The van der Waals surface area contributed by atoms with Crippen molar-refractivity contribution in [2.75, 3.05) is 25.1 Å². The highest BCUT2D eigenvalue weighted by molar-refractivity contribution is 5.82. The maximum Gasteiger partial charge on any atom is 0.471 e. The van der Waals surface area contributed by atoms with Crippen LogP contribution in [0.5, 0.6) is 5.75 Å². The third kappa shape index (κ3) is 4.63. The van der Waals surface area contributed by atoms with Crippen molar-refractivity contribution in [3.05, 3.63) is 47.0 Å². The summed E-state index contributed by atoms with van der Waals surface area (Å²) in [6, 6.07) is 3.34. The lowest BCUT2D eigenvalue weighted by Gasteiger charge is -2.39. The fraction of sp³-hybridized carbons (Fsp3) is 0.450. The van der Waals surface area contributed by atoms with Crippen LogP contribution in [0.3, 0.4) is 0 Å². The highest BCUT2D eigenvalue weighted by atomic mass is 19.4. The van der Waals surface area contributed by atoms with Gasteiger partial charge in [-0.15, -0.1) is 0 Å². The van der Waals surface area contributed by atoms with Gasteiger partial charge in [-0.1, -0.05) is 6.07 Å². The molecule has 1 fully saturated rings. The number of carbonyl (C=O) groups is 1. The second-order valence-electron chi connectivity index (χ2n) is 7.25. The van der Waals surface area contributed by atoms with Crippen LogP contribution >= 0.6 is 0 Å². The van der Waals surface area contributed by atoms with E-state index in [-0.39, 0.29) is 12.3 Å². The second-order valence-corrected chi connectivity index (χ2v) is 7.25. The first kappa shape index (κ1) is 21.8. The van der Waals surface area contributed by atoms with Gasteiger partial charge in [0.2, 0.25) is 5.95 Å². The number of alkyl halides is 3. The molecule has 1 aromatic heterocycles. The first-order chi connectivity index (χ1) is 14.1. The van der Waals surface area contributed by atoms with Gasteiger partial charge in [-0.05, 0) is 43.5 Å². The van der Waals surface area contributed by atoms with Crippen LogP contribution in [0.25, 0.3) is 0 Å². The number of nitrogens with one attached hydrogen (secondary N) is 1. The average molecular weight is 426 g/mol. The molecule has 162 valence electrons. The molecule has 0 spiro atoms. The van der Waals surface area contributed by atoms with Gasteiger partial charge in [-0.3, -0.25) is 4.79 Å². The zero-order valence-corrected chi connectivity index (χ0v) is 16.8. The SMILES string of the molecule is COc1ccc(C2CCN(c3ncc(C)c(C)n3)CC2NC(=O)C(F)(F)F)cc1F. The number of carbonyl (C=O) groups excluding carboxylic acids is 1. The number of aromatic nitrogens is 2. The van der Waals surface area contributed by atoms with E-state index in [2.05, 4.69) is 15.3 Å². The van der Waals surface area contributed by atoms with Gasteiger partial charge in [-0.2, -0.15) is 13.2 Å². The Balaban J connectivity index is 1.89. The molecule has 2 heterocycles. The lowest BCUT2D eigenvalue weighted by atomic mass is 9.85. The predicted octanol–water partition coefficient (Wildman–Crippen LogP) is 3.28. The lowest BCUT2D eigenvalue weighted by Crippen LogP contribution is -2.54. The number of piperidine rings is 1. The van der Waals surface area contributed by atoms with Crippen molar-refractivity contribution in [1.82, 2.24) is 15.3 Å². The number of aryl methyl sites for hydroxylation is 2. The van der Waals surface area contributed by atoms with Crippen molar-refractivity contribution >= 4 is 11.9 Å². The highest BCUT2D eigenvalue weighted by Gasteiger charge is 2.42. The Labute approximate surface area is 171 Å². The molecular formula is C20H22F4N4O2. The number of ether oxygens (including phenoxy) is 1. The summed E-state index contributed by atoms with van der Waals surface area (Å²) in [4.78, 5) is 22.0. The van der Waals surface area contributed by atoms with E-state index in [0.29, 0.717) is 24.5 Å². The molecule has 0 radical (unpaired) electrons. The van der Waals surface area contributed by atoms with Gasteiger partial charge in [0.15, 0.2) is 11.6 Å². The van der Waals surface area contributed by atoms with Crippen molar-refractivity contribution in [2.24, 2.45) is 0 Å². The largest absolute Gasteiger partial charge is 0.494 e. The van der Waals surface area contributed by atoms with Gasteiger partial charge in [-0.25, -0.2) is 14.4 Å². The number of rotatable bonds is 4. The van der Waals surface area contributed by atoms with Crippen LogP contribution in [-0.2, 0) is 4.79 Å². The van der Waals surface area contributed by atoms with Gasteiger partial charge < -0.3 is 15.0 Å². The van der Waals surface area contributed by atoms with Gasteiger partial charge in [0.1, 0.15) is 0 Å². The number of nitrogens with zero attached hydrogens (tertiary/aromatic N) is 3. The van der Waals surface area contributed by atoms with Crippen LogP contribution < -0.4 is 15.0 Å². The van der Waals surface area contributed by atoms with E-state index in [1.54, 1.807) is 17.2 Å². The van der Waals surface area contributed by atoms with Gasteiger partial charge >= 0.3 is 12.1 Å². The Morgan fingerprint density at radius 1 is 1.30 bits per heavy atom. The molecule has 0 bridgehead atoms. The van der Waals surface area contributed by atoms with Crippen LogP contribution in [0.15, 0.2) is 24.4 Å². The Bertz CT molecular complexity index is 936. The smallest absolute Gasteiger partial charge is 0.471 e. The van der Waals surface area contributed by atoms with Gasteiger partial charge in [0.25, 0.3) is 0 Å². The van der Waals surface area contributed by atoms with Crippen molar-refractivity contribution in [3.8, 4) is 5.75 Å². The Kier molecular flexibility index (Phi) is 6.14. The zero-order chi connectivity index (χ0) is 22.1. The van der Waals surface area contributed by atoms with Crippen molar-refractivity contribution in [1.29, 1.82) is 0 Å². The van der Waals surface area contributed by atoms with E-state index in [1.807, 2.05) is 13.8 Å². The summed E-state index contributed by atoms with van der Waals surface area (Å²) in [5.41, 5.74) is 2.14. The molecule has 2 aromatic rings. The second kappa shape index (κ2) is 8.45. The molecule has 1 amide bonds. The average Bonchev–Trinajstić information content (AvgIpc) is 2.69. The molecule has 2 unspecified atom stereocenters. The molecule has 1 aliphatic rings. The molecule has 1 N–H and O–H groups in total. The first-order valence-electron chi connectivity index (χ1n) is 9.36. The molecule has 2 atom stereocenters. The minimum absolute atomic E-state index is 0.0376. The Morgan fingerprint density at radius 3 is 2.63 bits per heavy atom. The summed E-state index contributed by atoms with van der Waals surface area (Å²) >= 11 is 0. The summed E-state index contributed by atoms with van der Waals surface area (Å²) in [6.45, 7) is 4.17. The minimum atomic E-state index is -5.02. The zero-order valence-electron chi connectivity index (χ0n) is 16.8. The molecule has 6 nitrogen and oxygen atoms in total. The van der Waals surface area contributed by atoms with E-state index in [0.717, 1.165) is 11.3 Å². The van der Waals surface area contributed by atoms with E-state index in [4.69, 9.17) is 4.74 Å². The van der Waals surface area contributed by atoms with E-state index >= 15 is 0 Å². The lowest BCUT2D eigenvalue weighted by molar-refractivity contribution is -0.174. The highest BCUT2D eigenvalue weighted by Crippen LogP contribution is 2.33. The third-order valence-electron chi connectivity index (χ3n) is 5.29. The van der Waals surface area contributed by atoms with Crippen LogP contribution in [0.1, 0.15) is 29.2 Å². The van der Waals surface area contributed by atoms with Crippen LogP contribution in [0.4, 0.5) is 23.5 Å². The van der Waals surface area contributed by atoms with Gasteiger partial charge in [0.05, 0.1) is 13.2 Å². The number of methoxy groups -OCH3 is 1. The Morgan fingerprint density at radius 2 is 2.03 bits per heavy atom. The van der Waals surface area contributed by atoms with E-state index < -0.39 is 29.9 Å². The number of hydrogen-bond acceptors (Lipinski definition) is 5. The fourth-order valence-electron chi connectivity index (χ4n) is 3.51. The standard InChI is InChI=1S/C20H22F4N4O2/c1-11-9-25-19(26-12(11)2)28-7-6-14(13-4-5-17(30-3)15(21)8-13)16(10-28)27-18(29)20(22,23)24/h4-5,8-9,14,16H,6-7,10H2,1-3H3,(H,27,29). The Hall–Kier alpha value is -2.91. The first-order valence-corrected chi connectivity index (χ1v) is 9.36. The molecule has 30 heavy (non-hydrogen) atoms. The van der Waals surface area contributed by atoms with Crippen molar-refractivity contribution in [2.45, 2.75) is 38.4 Å². The maximum absolute atomic E-state index is 14.2. The monoisotopic (exact) mass is 426 g/mol. The molecule has 10 heteroatoms. The van der Waals surface area contributed by atoms with Crippen LogP contribution in [0.2, 0.25) is 0 Å². The number of halogens is 4. The number of anilines is 1. The fourth-order valence-corrected chi connectivity index (χ4v) is 3.51. The van der Waals surface area contributed by atoms with Crippen molar-refractivity contribution < 1.29 is 27.1 Å². The molecule has 0 saturated carbocycles.